The van der Waals surface area contributed by atoms with E-state index in [1.54, 1.807) is 39.0 Å². The summed E-state index contributed by atoms with van der Waals surface area (Å²) < 4.78 is 16.6. The van der Waals surface area contributed by atoms with E-state index in [2.05, 4.69) is 10.6 Å². The maximum Gasteiger partial charge on any atom is 0.405 e. The molecule has 2 amide bonds. The van der Waals surface area contributed by atoms with Crippen molar-refractivity contribution in [1.29, 1.82) is 0 Å². The molecule has 44 heavy (non-hydrogen) atoms. The average Bonchev–Trinajstić information content (AvgIpc) is 2.97. The first-order chi connectivity index (χ1) is 20.8. The van der Waals surface area contributed by atoms with Crippen molar-refractivity contribution in [2.24, 2.45) is 17.6 Å². The van der Waals surface area contributed by atoms with E-state index in [1.807, 2.05) is 6.92 Å². The van der Waals surface area contributed by atoms with Gasteiger partial charge in [-0.25, -0.2) is 4.79 Å². The fourth-order valence-corrected chi connectivity index (χ4v) is 5.23. The molecule has 2 rings (SSSR count). The number of ether oxygens (including phenoxy) is 3. The van der Waals surface area contributed by atoms with Gasteiger partial charge in [0, 0.05) is 50.5 Å². The van der Waals surface area contributed by atoms with Crippen molar-refractivity contribution in [3.8, 4) is 0 Å². The van der Waals surface area contributed by atoms with Gasteiger partial charge in [0.25, 0.3) is 5.91 Å². The Bertz CT molecular complexity index is 1220. The van der Waals surface area contributed by atoms with E-state index in [1.165, 1.54) is 20.3 Å². The van der Waals surface area contributed by atoms with Crippen LogP contribution in [0.5, 0.6) is 0 Å². The highest BCUT2D eigenvalue weighted by Gasteiger charge is 2.33. The van der Waals surface area contributed by atoms with Gasteiger partial charge in [-0.1, -0.05) is 38.2 Å². The summed E-state index contributed by atoms with van der Waals surface area (Å²) in [5.41, 5.74) is 6.41. The Hall–Kier alpha value is -3.58. The number of rotatable bonds is 8. The number of Topliss-reactive ketones (excluding diaryl/α,β-unsaturated/α-hetero) is 1. The van der Waals surface area contributed by atoms with Gasteiger partial charge in [-0.15, -0.1) is 0 Å². The van der Waals surface area contributed by atoms with Crippen LogP contribution in [0.4, 0.5) is 4.79 Å². The second-order valence-electron chi connectivity index (χ2n) is 11.3. The first kappa shape index (κ1) is 36.6. The van der Waals surface area contributed by atoms with Crippen LogP contribution in [0.15, 0.2) is 58.5 Å². The number of carbonyl (C=O) groups is 4. The third-order valence-corrected chi connectivity index (χ3v) is 7.68. The zero-order valence-electron chi connectivity index (χ0n) is 26.4. The number of aliphatic hydroxyl groups excluding tert-OH is 2. The van der Waals surface area contributed by atoms with Crippen molar-refractivity contribution in [2.75, 3.05) is 27.4 Å². The fourth-order valence-electron chi connectivity index (χ4n) is 5.23. The maximum absolute atomic E-state index is 13.7. The second kappa shape index (κ2) is 17.6. The number of nitrogens with two attached hydrogens (primary N) is 1. The van der Waals surface area contributed by atoms with Crippen LogP contribution in [0.3, 0.4) is 0 Å². The Kier molecular flexibility index (Phi) is 14.7. The van der Waals surface area contributed by atoms with Crippen LogP contribution in [0.2, 0.25) is 0 Å². The SMILES string of the molecule is CO[C@H]1/C=C\C=C(/C)C(=O)NC2=CC(=O)C(NCCCCO)=C(C[C@@H](C)C[C@H](OC)[C@H](O)[C@@H](C)/C=C(\C)[C@@H]1OC(N)=O)C2=O. The number of aliphatic hydroxyl groups is 2. The normalized spacial score (nSPS) is 30.8. The summed E-state index contributed by atoms with van der Waals surface area (Å²) in [5, 5.41) is 26.0. The van der Waals surface area contributed by atoms with Crippen molar-refractivity contribution in [3.63, 3.8) is 0 Å². The number of hydrogen-bond donors (Lipinski definition) is 5. The van der Waals surface area contributed by atoms with Crippen LogP contribution in [0.25, 0.3) is 0 Å². The summed E-state index contributed by atoms with van der Waals surface area (Å²) in [6.07, 6.45) is 4.81. The number of hydrogen-bond acceptors (Lipinski definition) is 10. The third kappa shape index (κ3) is 10.3. The Labute approximate surface area is 259 Å². The van der Waals surface area contributed by atoms with E-state index < -0.39 is 53.9 Å². The van der Waals surface area contributed by atoms with Crippen molar-refractivity contribution in [2.45, 2.75) is 77.8 Å². The van der Waals surface area contributed by atoms with E-state index >= 15 is 0 Å². The van der Waals surface area contributed by atoms with Crippen LogP contribution in [-0.2, 0) is 28.6 Å². The summed E-state index contributed by atoms with van der Waals surface area (Å²) in [4.78, 5) is 51.6. The van der Waals surface area contributed by atoms with E-state index in [-0.39, 0.29) is 41.5 Å². The minimum Gasteiger partial charge on any atom is -0.439 e. The Morgan fingerprint density at radius 1 is 1.14 bits per heavy atom. The minimum atomic E-state index is -1.00. The number of amides is 2. The van der Waals surface area contributed by atoms with E-state index in [9.17, 15) is 24.3 Å². The Morgan fingerprint density at radius 3 is 2.45 bits per heavy atom. The second-order valence-corrected chi connectivity index (χ2v) is 11.3. The van der Waals surface area contributed by atoms with Crippen molar-refractivity contribution >= 4 is 23.6 Å². The molecule has 1 heterocycles. The van der Waals surface area contributed by atoms with Crippen molar-refractivity contribution in [3.05, 3.63) is 58.5 Å². The van der Waals surface area contributed by atoms with Gasteiger partial charge in [0.15, 0.2) is 6.10 Å². The monoisotopic (exact) mass is 617 g/mol. The molecule has 0 saturated heterocycles. The van der Waals surface area contributed by atoms with Gasteiger partial charge in [0.1, 0.15) is 6.10 Å². The molecule has 12 nitrogen and oxygen atoms in total. The van der Waals surface area contributed by atoms with Gasteiger partial charge in [0.2, 0.25) is 11.6 Å². The Morgan fingerprint density at radius 2 is 1.84 bits per heavy atom. The van der Waals surface area contributed by atoms with Gasteiger partial charge < -0.3 is 40.8 Å². The average molecular weight is 618 g/mol. The van der Waals surface area contributed by atoms with Crippen molar-refractivity contribution in [1.82, 2.24) is 10.6 Å². The molecule has 1 aliphatic heterocycles. The van der Waals surface area contributed by atoms with Crippen LogP contribution < -0.4 is 16.4 Å². The largest absolute Gasteiger partial charge is 0.439 e. The predicted molar refractivity (Wildman–Crippen MR) is 164 cm³/mol. The van der Waals surface area contributed by atoms with E-state index in [4.69, 9.17) is 25.1 Å². The number of primary amides is 1. The molecule has 0 aromatic heterocycles. The summed E-state index contributed by atoms with van der Waals surface area (Å²) in [6, 6.07) is 0. The van der Waals surface area contributed by atoms with Crippen LogP contribution >= 0.6 is 0 Å². The van der Waals surface area contributed by atoms with Crippen LogP contribution in [0.1, 0.15) is 53.4 Å². The standard InChI is InChI=1S/C32H47N3O9/c1-18-14-22-27(34-12-7-8-13-36)24(37)17-23(29(22)39)35-31(40)19(2)10-9-11-25(42-5)30(44-32(33)41)21(4)16-20(3)28(38)26(15-18)43-6/h9-11,16-18,20,25-26,28,30,34,36,38H,7-8,12-15H2,1-6H3,(H2,33,41)(H,35,40)/b11-9-,19-10+,21-16+/t18-,20+,25+,26+,28-,30+/m1/s1. The highest BCUT2D eigenvalue weighted by atomic mass is 16.6. The number of ketones is 2. The number of fused-ring (bicyclic) bond motifs is 2. The van der Waals surface area contributed by atoms with Crippen molar-refractivity contribution < 1.29 is 43.6 Å². The molecular formula is C32H47N3O9. The molecule has 0 unspecified atom stereocenters. The van der Waals surface area contributed by atoms with Gasteiger partial charge in [-0.05, 0) is 51.0 Å². The lowest BCUT2D eigenvalue weighted by atomic mass is 9.85. The number of allylic oxidation sites excluding steroid dienone is 4. The molecule has 2 aliphatic rings. The third-order valence-electron chi connectivity index (χ3n) is 7.68. The quantitative estimate of drug-likeness (QED) is 0.153. The molecule has 2 bridgehead atoms. The van der Waals surface area contributed by atoms with Gasteiger partial charge in [-0.3, -0.25) is 14.4 Å². The van der Waals surface area contributed by atoms with Crippen LogP contribution in [0, 0.1) is 11.8 Å². The Balaban J connectivity index is 2.59. The molecule has 244 valence electrons. The summed E-state index contributed by atoms with van der Waals surface area (Å²) in [5.74, 6) is -2.19. The summed E-state index contributed by atoms with van der Waals surface area (Å²) in [7, 11) is 2.91. The smallest absolute Gasteiger partial charge is 0.405 e. The molecule has 0 aromatic carbocycles. The molecule has 6 N–H and O–H groups in total. The summed E-state index contributed by atoms with van der Waals surface area (Å²) in [6.45, 7) is 7.35. The maximum atomic E-state index is 13.7. The van der Waals surface area contributed by atoms with Gasteiger partial charge in [0.05, 0.1) is 23.6 Å². The first-order valence-corrected chi connectivity index (χ1v) is 14.8. The molecule has 12 heteroatoms. The zero-order chi connectivity index (χ0) is 33.0. The number of nitrogens with one attached hydrogen (secondary N) is 2. The molecule has 0 aromatic rings. The van der Waals surface area contributed by atoms with Crippen LogP contribution in [-0.4, -0.2) is 85.6 Å². The molecule has 0 radical (unpaired) electrons. The van der Waals surface area contributed by atoms with Gasteiger partial charge >= 0.3 is 6.09 Å². The zero-order valence-corrected chi connectivity index (χ0v) is 26.4. The topological polar surface area (TPSA) is 187 Å². The van der Waals surface area contributed by atoms with E-state index in [0.29, 0.717) is 31.4 Å². The number of unbranched alkanes of at least 4 members (excludes halogenated alkanes) is 1. The number of methoxy groups -OCH3 is 2. The summed E-state index contributed by atoms with van der Waals surface area (Å²) >= 11 is 0. The molecule has 0 spiro atoms. The molecule has 0 saturated carbocycles. The lowest BCUT2D eigenvalue weighted by Crippen LogP contribution is -2.38. The molecule has 0 fully saturated rings. The number of carbonyl (C=O) groups excluding carboxylic acids is 4. The highest BCUT2D eigenvalue weighted by molar-refractivity contribution is 6.23. The molecule has 6 atom stereocenters. The lowest BCUT2D eigenvalue weighted by molar-refractivity contribution is -0.120. The predicted octanol–water partition coefficient (Wildman–Crippen LogP) is 2.12. The minimum absolute atomic E-state index is 0.00839. The fraction of sp³-hybridized carbons (Fsp3) is 0.562. The molecule has 1 aliphatic carbocycles. The first-order valence-electron chi connectivity index (χ1n) is 14.8. The lowest BCUT2D eigenvalue weighted by Gasteiger charge is -2.30. The van der Waals surface area contributed by atoms with Gasteiger partial charge in [-0.2, -0.15) is 0 Å². The highest BCUT2D eigenvalue weighted by Crippen LogP contribution is 2.29. The molecular weight excluding hydrogens is 570 g/mol. The van der Waals surface area contributed by atoms with E-state index in [0.717, 1.165) is 6.08 Å².